The summed E-state index contributed by atoms with van der Waals surface area (Å²) >= 11 is 4.92. The summed E-state index contributed by atoms with van der Waals surface area (Å²) < 4.78 is 0. The molecule has 0 aliphatic heterocycles. The van der Waals surface area contributed by atoms with Gasteiger partial charge in [-0.15, -0.1) is 0 Å². The zero-order valence-electron chi connectivity index (χ0n) is 10.3. The molecule has 0 aromatic heterocycles. The molecule has 2 aromatic rings. The molecular formula is C15H16N2S. The van der Waals surface area contributed by atoms with Crippen molar-refractivity contribution in [1.29, 1.82) is 0 Å². The topological polar surface area (TPSA) is 38.0 Å². The van der Waals surface area contributed by atoms with Gasteiger partial charge in [0, 0.05) is 17.8 Å². The Labute approximate surface area is 113 Å². The first-order valence-electron chi connectivity index (χ1n) is 5.84. The Morgan fingerprint density at radius 3 is 2.50 bits per heavy atom. The highest BCUT2D eigenvalue weighted by Gasteiger charge is 1.97. The number of thiocarbonyl (C=S) groups is 1. The van der Waals surface area contributed by atoms with Gasteiger partial charge in [0.25, 0.3) is 0 Å². The second kappa shape index (κ2) is 5.65. The molecule has 92 valence electrons. The van der Waals surface area contributed by atoms with Gasteiger partial charge in [0.05, 0.1) is 0 Å². The largest absolute Gasteiger partial charge is 0.389 e. The van der Waals surface area contributed by atoms with Crippen molar-refractivity contribution in [3.8, 4) is 0 Å². The van der Waals surface area contributed by atoms with Crippen molar-refractivity contribution in [3.63, 3.8) is 0 Å². The first-order chi connectivity index (χ1) is 8.65. The summed E-state index contributed by atoms with van der Waals surface area (Å²) in [5.74, 6) is 0. The second-order valence-corrected chi connectivity index (χ2v) is 4.72. The minimum Gasteiger partial charge on any atom is -0.389 e. The van der Waals surface area contributed by atoms with Crippen LogP contribution in [0.15, 0.2) is 48.5 Å². The first-order valence-corrected chi connectivity index (χ1v) is 6.25. The molecule has 3 N–H and O–H groups in total. The average Bonchev–Trinajstić information content (AvgIpc) is 2.37. The average molecular weight is 256 g/mol. The fourth-order valence-corrected chi connectivity index (χ4v) is 1.91. The molecule has 0 bridgehead atoms. The van der Waals surface area contributed by atoms with Crippen LogP contribution in [0.4, 0.5) is 5.69 Å². The zero-order valence-corrected chi connectivity index (χ0v) is 11.1. The monoisotopic (exact) mass is 256 g/mol. The lowest BCUT2D eigenvalue weighted by Crippen LogP contribution is -2.09. The van der Waals surface area contributed by atoms with Gasteiger partial charge < -0.3 is 11.1 Å². The van der Waals surface area contributed by atoms with Gasteiger partial charge in [-0.3, -0.25) is 0 Å². The van der Waals surface area contributed by atoms with E-state index in [0.717, 1.165) is 17.8 Å². The predicted molar refractivity (Wildman–Crippen MR) is 80.8 cm³/mol. The number of nitrogens with two attached hydrogens (primary N) is 1. The Hall–Kier alpha value is -1.87. The highest BCUT2D eigenvalue weighted by atomic mass is 32.1. The molecule has 0 fully saturated rings. The number of hydrogen-bond acceptors (Lipinski definition) is 2. The van der Waals surface area contributed by atoms with E-state index in [1.165, 1.54) is 11.1 Å². The predicted octanol–water partition coefficient (Wildman–Crippen LogP) is 3.24. The lowest BCUT2D eigenvalue weighted by atomic mass is 10.1. The van der Waals surface area contributed by atoms with E-state index in [0.29, 0.717) is 4.99 Å². The third-order valence-electron chi connectivity index (χ3n) is 2.75. The molecule has 0 heterocycles. The Balaban J connectivity index is 2.00. The molecule has 0 spiro atoms. The number of nitrogens with one attached hydrogen (secondary N) is 1. The summed E-state index contributed by atoms with van der Waals surface area (Å²) in [6.07, 6.45) is 0. The van der Waals surface area contributed by atoms with Crippen molar-refractivity contribution in [2.24, 2.45) is 5.73 Å². The Kier molecular flexibility index (Phi) is 3.95. The van der Waals surface area contributed by atoms with Crippen LogP contribution in [-0.2, 0) is 6.54 Å². The van der Waals surface area contributed by atoms with Gasteiger partial charge in [-0.1, -0.05) is 42.0 Å². The van der Waals surface area contributed by atoms with Gasteiger partial charge in [0.2, 0.25) is 0 Å². The maximum atomic E-state index is 5.56. The van der Waals surface area contributed by atoms with E-state index in [9.17, 15) is 0 Å². The van der Waals surface area contributed by atoms with Crippen LogP contribution in [0.2, 0.25) is 0 Å². The van der Waals surface area contributed by atoms with E-state index in [-0.39, 0.29) is 0 Å². The summed E-state index contributed by atoms with van der Waals surface area (Å²) in [6.45, 7) is 2.91. The maximum absolute atomic E-state index is 5.56. The highest BCUT2D eigenvalue weighted by Crippen LogP contribution is 2.12. The normalized spacial score (nSPS) is 10.1. The van der Waals surface area contributed by atoms with Gasteiger partial charge >= 0.3 is 0 Å². The Morgan fingerprint density at radius 2 is 1.89 bits per heavy atom. The standard InChI is InChI=1S/C15H16N2S/c1-11-3-2-4-12(9-11)10-17-14-7-5-13(6-8-14)15(16)18/h2-9,17H,10H2,1H3,(H2,16,18). The van der Waals surface area contributed by atoms with E-state index in [1.807, 2.05) is 24.3 Å². The van der Waals surface area contributed by atoms with Crippen LogP contribution in [0.25, 0.3) is 0 Å². The van der Waals surface area contributed by atoms with Crippen LogP contribution in [-0.4, -0.2) is 4.99 Å². The van der Waals surface area contributed by atoms with Crippen molar-refractivity contribution in [1.82, 2.24) is 0 Å². The van der Waals surface area contributed by atoms with Gasteiger partial charge in [-0.05, 0) is 36.8 Å². The maximum Gasteiger partial charge on any atom is 0.103 e. The lowest BCUT2D eigenvalue weighted by molar-refractivity contribution is 1.14. The summed E-state index contributed by atoms with van der Waals surface area (Å²) in [7, 11) is 0. The van der Waals surface area contributed by atoms with Gasteiger partial charge in [-0.2, -0.15) is 0 Å². The molecule has 0 aliphatic rings. The van der Waals surface area contributed by atoms with E-state index in [2.05, 4.69) is 36.5 Å². The third-order valence-corrected chi connectivity index (χ3v) is 2.98. The molecule has 0 aliphatic carbocycles. The van der Waals surface area contributed by atoms with Crippen molar-refractivity contribution in [2.45, 2.75) is 13.5 Å². The molecule has 0 atom stereocenters. The number of rotatable bonds is 4. The second-order valence-electron chi connectivity index (χ2n) is 4.28. The quantitative estimate of drug-likeness (QED) is 0.825. The van der Waals surface area contributed by atoms with Gasteiger partial charge in [0.1, 0.15) is 4.99 Å². The van der Waals surface area contributed by atoms with Crippen LogP contribution < -0.4 is 11.1 Å². The Bertz CT molecular complexity index is 547. The highest BCUT2D eigenvalue weighted by molar-refractivity contribution is 7.80. The lowest BCUT2D eigenvalue weighted by Gasteiger charge is -2.08. The van der Waals surface area contributed by atoms with Gasteiger partial charge in [-0.25, -0.2) is 0 Å². The molecule has 0 amide bonds. The molecule has 0 unspecified atom stereocenters. The number of benzene rings is 2. The van der Waals surface area contributed by atoms with E-state index >= 15 is 0 Å². The molecule has 0 saturated heterocycles. The summed E-state index contributed by atoms with van der Waals surface area (Å²) in [6, 6.07) is 16.3. The minimum atomic E-state index is 0.431. The molecule has 2 rings (SSSR count). The Morgan fingerprint density at radius 1 is 1.17 bits per heavy atom. The van der Waals surface area contributed by atoms with Gasteiger partial charge in [0.15, 0.2) is 0 Å². The molecule has 3 heteroatoms. The number of hydrogen-bond donors (Lipinski definition) is 2. The van der Waals surface area contributed by atoms with Crippen LogP contribution in [0.1, 0.15) is 16.7 Å². The third kappa shape index (κ3) is 3.31. The summed E-state index contributed by atoms with van der Waals surface area (Å²) in [5, 5.41) is 3.37. The number of anilines is 1. The fourth-order valence-electron chi connectivity index (χ4n) is 1.78. The fraction of sp³-hybridized carbons (Fsp3) is 0.133. The van der Waals surface area contributed by atoms with Crippen molar-refractivity contribution in [3.05, 3.63) is 65.2 Å². The van der Waals surface area contributed by atoms with Crippen molar-refractivity contribution >= 4 is 22.9 Å². The van der Waals surface area contributed by atoms with E-state index in [1.54, 1.807) is 0 Å². The summed E-state index contributed by atoms with van der Waals surface area (Å²) in [4.78, 5) is 0.431. The molecule has 18 heavy (non-hydrogen) atoms. The molecule has 2 nitrogen and oxygen atoms in total. The van der Waals surface area contributed by atoms with Crippen LogP contribution in [0.5, 0.6) is 0 Å². The van der Waals surface area contributed by atoms with Crippen LogP contribution >= 0.6 is 12.2 Å². The van der Waals surface area contributed by atoms with Crippen molar-refractivity contribution in [2.75, 3.05) is 5.32 Å². The summed E-state index contributed by atoms with van der Waals surface area (Å²) in [5.41, 5.74) is 10.1. The molecular weight excluding hydrogens is 240 g/mol. The molecule has 0 radical (unpaired) electrons. The smallest absolute Gasteiger partial charge is 0.103 e. The number of aryl methyl sites for hydroxylation is 1. The van der Waals surface area contributed by atoms with E-state index in [4.69, 9.17) is 18.0 Å². The van der Waals surface area contributed by atoms with Crippen LogP contribution in [0.3, 0.4) is 0 Å². The van der Waals surface area contributed by atoms with Crippen molar-refractivity contribution < 1.29 is 0 Å². The van der Waals surface area contributed by atoms with E-state index < -0.39 is 0 Å². The zero-order chi connectivity index (χ0) is 13.0. The SMILES string of the molecule is Cc1cccc(CNc2ccc(C(N)=S)cc2)c1. The molecule has 2 aromatic carbocycles. The minimum absolute atomic E-state index is 0.431. The van der Waals surface area contributed by atoms with Crippen LogP contribution in [0, 0.1) is 6.92 Å². The molecule has 0 saturated carbocycles. The first kappa shape index (κ1) is 12.6.